The third kappa shape index (κ3) is 2.37. The van der Waals surface area contributed by atoms with Crippen molar-refractivity contribution in [1.29, 1.82) is 0 Å². The van der Waals surface area contributed by atoms with Gasteiger partial charge in [-0.05, 0) is 19.1 Å². The van der Waals surface area contributed by atoms with Gasteiger partial charge in [-0.3, -0.25) is 5.01 Å². The van der Waals surface area contributed by atoms with Crippen LogP contribution in [0, 0.1) is 0 Å². The van der Waals surface area contributed by atoms with Crippen LogP contribution in [-0.2, 0) is 0 Å². The van der Waals surface area contributed by atoms with E-state index in [0.717, 1.165) is 17.1 Å². The Morgan fingerprint density at radius 2 is 2.16 bits per heavy atom. The maximum absolute atomic E-state index is 9.18. The van der Waals surface area contributed by atoms with Crippen molar-refractivity contribution < 1.29 is 9.84 Å². The summed E-state index contributed by atoms with van der Waals surface area (Å²) >= 11 is 0. The van der Waals surface area contributed by atoms with E-state index in [0.29, 0.717) is 12.1 Å². The number of ether oxygens (including phenoxy) is 1. The van der Waals surface area contributed by atoms with Gasteiger partial charge in [0.05, 0.1) is 30.2 Å². The molecule has 0 amide bonds. The highest BCUT2D eigenvalue weighted by atomic mass is 16.5. The van der Waals surface area contributed by atoms with Crippen LogP contribution in [-0.4, -0.2) is 30.0 Å². The van der Waals surface area contributed by atoms with Crippen molar-refractivity contribution in [1.82, 2.24) is 5.12 Å². The molecule has 1 aliphatic rings. The molecular formula is C13H20N4O2. The molecule has 1 atom stereocenters. The number of methoxy groups -OCH3 is 1. The van der Waals surface area contributed by atoms with Crippen molar-refractivity contribution in [3.05, 3.63) is 35.7 Å². The third-order valence-electron chi connectivity index (χ3n) is 3.31. The molecule has 0 bridgehead atoms. The molecule has 2 rings (SSSR count). The van der Waals surface area contributed by atoms with Gasteiger partial charge in [0.1, 0.15) is 5.75 Å². The summed E-state index contributed by atoms with van der Waals surface area (Å²) in [6, 6.07) is 7.45. The predicted molar refractivity (Wildman–Crippen MR) is 73.9 cm³/mol. The van der Waals surface area contributed by atoms with Gasteiger partial charge in [0.25, 0.3) is 0 Å². The largest absolute Gasteiger partial charge is 0.497 e. The van der Waals surface area contributed by atoms with E-state index < -0.39 is 0 Å². The number of nitrogens with two attached hydrogens (primary N) is 2. The minimum absolute atomic E-state index is 0.0249. The zero-order chi connectivity index (χ0) is 14.0. The molecule has 0 fully saturated rings. The van der Waals surface area contributed by atoms with Crippen LogP contribution in [0.2, 0.25) is 0 Å². The van der Waals surface area contributed by atoms with E-state index in [9.17, 15) is 5.11 Å². The fraction of sp³-hybridized carbons (Fsp3) is 0.385. The first-order valence-electron chi connectivity index (χ1n) is 6.17. The number of hydrogen-bond acceptors (Lipinski definition) is 6. The van der Waals surface area contributed by atoms with Gasteiger partial charge >= 0.3 is 0 Å². The highest BCUT2D eigenvalue weighted by molar-refractivity contribution is 5.57. The summed E-state index contributed by atoms with van der Waals surface area (Å²) in [6.45, 7) is 1.95. The predicted octanol–water partition coefficient (Wildman–Crippen LogP) is 0.547. The van der Waals surface area contributed by atoms with Gasteiger partial charge in [0, 0.05) is 19.1 Å². The Morgan fingerprint density at radius 1 is 1.42 bits per heavy atom. The van der Waals surface area contributed by atoms with Gasteiger partial charge in [-0.2, -0.15) is 0 Å². The molecule has 0 saturated heterocycles. The van der Waals surface area contributed by atoms with Crippen LogP contribution in [0.4, 0.5) is 5.69 Å². The Hall–Kier alpha value is -1.76. The van der Waals surface area contributed by atoms with Crippen molar-refractivity contribution in [2.75, 3.05) is 18.7 Å². The van der Waals surface area contributed by atoms with Crippen molar-refractivity contribution >= 4 is 5.69 Å². The van der Waals surface area contributed by atoms with E-state index >= 15 is 0 Å². The van der Waals surface area contributed by atoms with Crippen molar-refractivity contribution in [3.8, 4) is 5.75 Å². The summed E-state index contributed by atoms with van der Waals surface area (Å²) in [7, 11) is 1.62. The Kier molecular flexibility index (Phi) is 3.94. The van der Waals surface area contributed by atoms with Crippen LogP contribution in [0.3, 0.4) is 0 Å². The molecule has 1 aromatic rings. The SMILES string of the molecule is COc1cccc(N2C(CCO)=C(N)C(C)N2N)c1. The maximum atomic E-state index is 9.18. The molecule has 0 aromatic heterocycles. The number of rotatable bonds is 4. The molecule has 1 aliphatic heterocycles. The molecule has 104 valence electrons. The zero-order valence-electron chi connectivity index (χ0n) is 11.2. The van der Waals surface area contributed by atoms with E-state index in [1.807, 2.05) is 36.2 Å². The second kappa shape index (κ2) is 5.48. The molecule has 0 radical (unpaired) electrons. The van der Waals surface area contributed by atoms with Gasteiger partial charge < -0.3 is 15.6 Å². The minimum Gasteiger partial charge on any atom is -0.497 e. The number of anilines is 1. The van der Waals surface area contributed by atoms with Crippen LogP contribution < -0.4 is 21.3 Å². The van der Waals surface area contributed by atoms with Gasteiger partial charge in [-0.15, -0.1) is 5.12 Å². The number of aliphatic hydroxyl groups is 1. The molecule has 0 spiro atoms. The lowest BCUT2D eigenvalue weighted by Gasteiger charge is -2.30. The van der Waals surface area contributed by atoms with Crippen molar-refractivity contribution in [2.24, 2.45) is 11.6 Å². The molecule has 19 heavy (non-hydrogen) atoms. The monoisotopic (exact) mass is 264 g/mol. The first-order chi connectivity index (χ1) is 9.10. The number of aliphatic hydroxyl groups excluding tert-OH is 1. The Balaban J connectivity index is 2.40. The molecule has 1 unspecified atom stereocenters. The first-order valence-corrected chi connectivity index (χ1v) is 6.17. The summed E-state index contributed by atoms with van der Waals surface area (Å²) in [5, 5.41) is 12.6. The van der Waals surface area contributed by atoms with Crippen LogP contribution in [0.25, 0.3) is 0 Å². The Labute approximate surface area is 112 Å². The van der Waals surface area contributed by atoms with E-state index in [2.05, 4.69) is 0 Å². The fourth-order valence-electron chi connectivity index (χ4n) is 2.21. The van der Waals surface area contributed by atoms with Crippen LogP contribution in [0.1, 0.15) is 13.3 Å². The molecule has 6 nitrogen and oxygen atoms in total. The second-order valence-electron chi connectivity index (χ2n) is 4.44. The topological polar surface area (TPSA) is 88.0 Å². The lowest BCUT2D eigenvalue weighted by Crippen LogP contribution is -2.47. The second-order valence-corrected chi connectivity index (χ2v) is 4.44. The summed E-state index contributed by atoms with van der Waals surface area (Å²) < 4.78 is 5.22. The average Bonchev–Trinajstić information content (AvgIpc) is 2.64. The standard InChI is InChI=1S/C13H20N4O2/c1-9-13(14)12(6-7-18)16(17(9)15)10-4-3-5-11(8-10)19-2/h3-5,8-9,18H,6-7,14-15H2,1-2H3. The molecule has 1 heterocycles. The Bertz CT molecular complexity index is 489. The average molecular weight is 264 g/mol. The smallest absolute Gasteiger partial charge is 0.120 e. The first kappa shape index (κ1) is 13.7. The Morgan fingerprint density at radius 3 is 2.79 bits per heavy atom. The molecule has 0 saturated carbocycles. The van der Waals surface area contributed by atoms with Crippen LogP contribution >= 0.6 is 0 Å². The van der Waals surface area contributed by atoms with E-state index in [4.69, 9.17) is 16.3 Å². The molecule has 0 aliphatic carbocycles. The lowest BCUT2D eigenvalue weighted by molar-refractivity contribution is 0.251. The number of hydrazine groups is 2. The summed E-state index contributed by atoms with van der Waals surface area (Å²) in [4.78, 5) is 0. The number of nitrogens with zero attached hydrogens (tertiary/aromatic N) is 2. The van der Waals surface area contributed by atoms with E-state index in [-0.39, 0.29) is 12.6 Å². The van der Waals surface area contributed by atoms with Crippen LogP contribution in [0.15, 0.2) is 35.7 Å². The maximum Gasteiger partial charge on any atom is 0.120 e. The quantitative estimate of drug-likeness (QED) is 0.688. The highest BCUT2D eigenvalue weighted by Gasteiger charge is 2.33. The minimum atomic E-state index is -0.104. The zero-order valence-corrected chi connectivity index (χ0v) is 11.2. The van der Waals surface area contributed by atoms with Crippen molar-refractivity contribution in [3.63, 3.8) is 0 Å². The molecule has 6 heteroatoms. The summed E-state index contributed by atoms with van der Waals surface area (Å²) in [5.74, 6) is 6.82. The summed E-state index contributed by atoms with van der Waals surface area (Å²) in [5.41, 5.74) is 8.43. The van der Waals surface area contributed by atoms with Gasteiger partial charge in [0.2, 0.25) is 0 Å². The molecular weight excluding hydrogens is 244 g/mol. The lowest BCUT2D eigenvalue weighted by atomic mass is 10.2. The van der Waals surface area contributed by atoms with Gasteiger partial charge in [0.15, 0.2) is 0 Å². The van der Waals surface area contributed by atoms with Gasteiger partial charge in [-0.1, -0.05) is 6.07 Å². The normalized spacial score (nSPS) is 20.2. The van der Waals surface area contributed by atoms with Crippen LogP contribution in [0.5, 0.6) is 5.75 Å². The fourth-order valence-corrected chi connectivity index (χ4v) is 2.21. The van der Waals surface area contributed by atoms with Crippen molar-refractivity contribution in [2.45, 2.75) is 19.4 Å². The van der Waals surface area contributed by atoms with E-state index in [1.165, 1.54) is 0 Å². The molecule has 1 aromatic carbocycles. The number of hydrogen-bond donors (Lipinski definition) is 3. The van der Waals surface area contributed by atoms with Gasteiger partial charge in [-0.25, -0.2) is 5.84 Å². The third-order valence-corrected chi connectivity index (χ3v) is 3.31. The summed E-state index contributed by atoms with van der Waals surface area (Å²) in [6.07, 6.45) is 0.459. The molecule has 5 N–H and O–H groups in total. The van der Waals surface area contributed by atoms with E-state index in [1.54, 1.807) is 12.2 Å². The highest BCUT2D eigenvalue weighted by Crippen LogP contribution is 2.33. The number of benzene rings is 1.